The van der Waals surface area contributed by atoms with Crippen LogP contribution in [0.2, 0.25) is 0 Å². The highest BCUT2D eigenvalue weighted by molar-refractivity contribution is 7.85. The third-order valence-corrected chi connectivity index (χ3v) is 3.65. The van der Waals surface area contributed by atoms with Crippen molar-refractivity contribution in [2.24, 2.45) is 0 Å². The Balaban J connectivity index is 0.000000463. The van der Waals surface area contributed by atoms with Crippen LogP contribution in [-0.2, 0) is 10.1 Å². The molecule has 1 aromatic rings. The molecule has 5 nitrogen and oxygen atoms in total. The van der Waals surface area contributed by atoms with E-state index in [1.807, 2.05) is 12.2 Å². The average Bonchev–Trinajstić information content (AvgIpc) is 2.57. The lowest BCUT2D eigenvalue weighted by Crippen LogP contribution is -2.18. The van der Waals surface area contributed by atoms with E-state index in [1.54, 1.807) is 18.2 Å². The molecule has 0 aliphatic rings. The van der Waals surface area contributed by atoms with Gasteiger partial charge in [0.25, 0.3) is 10.1 Å². The van der Waals surface area contributed by atoms with Crippen LogP contribution in [0.1, 0.15) is 12.8 Å². The number of nitrogens with one attached hydrogen (secondary N) is 2. The van der Waals surface area contributed by atoms with E-state index < -0.39 is 10.1 Å². The fourth-order valence-corrected chi connectivity index (χ4v) is 2.09. The van der Waals surface area contributed by atoms with Gasteiger partial charge in [-0.1, -0.05) is 31.4 Å². The lowest BCUT2D eigenvalue weighted by Gasteiger charge is -2.02. The van der Waals surface area contributed by atoms with Crippen LogP contribution < -0.4 is 10.6 Å². The second-order valence-electron chi connectivity index (χ2n) is 4.72. The number of rotatable bonds is 10. The maximum Gasteiger partial charge on any atom is 0.294 e. The summed E-state index contributed by atoms with van der Waals surface area (Å²) in [6, 6.07) is 7.42. The summed E-state index contributed by atoms with van der Waals surface area (Å²) in [4.78, 5) is -0.0741. The first-order chi connectivity index (χ1) is 11.5. The van der Waals surface area contributed by atoms with Gasteiger partial charge in [0.1, 0.15) is 0 Å². The molecule has 0 amide bonds. The Morgan fingerprint density at radius 1 is 0.958 bits per heavy atom. The zero-order valence-corrected chi connectivity index (χ0v) is 14.7. The van der Waals surface area contributed by atoms with Gasteiger partial charge < -0.3 is 10.6 Å². The van der Waals surface area contributed by atoms with Gasteiger partial charge in [-0.25, -0.2) is 0 Å². The zero-order chi connectivity index (χ0) is 18.1. The summed E-state index contributed by atoms with van der Waals surface area (Å²) >= 11 is 0. The standard InChI is InChI=1S/C12H20N2.C6H6O3S/c1-3-5-9-13-11-7-8-12-14-10-6-4-2;7-10(8,9)6-4-2-1-3-5-6/h5-6,13-14H,1-2,7-12H2;1-5H,(H,7,8,9). The van der Waals surface area contributed by atoms with Crippen molar-refractivity contribution in [3.05, 3.63) is 67.1 Å². The second-order valence-corrected chi connectivity index (χ2v) is 6.14. The van der Waals surface area contributed by atoms with Gasteiger partial charge in [0.05, 0.1) is 4.90 Å². The smallest absolute Gasteiger partial charge is 0.294 e. The third kappa shape index (κ3) is 13.7. The summed E-state index contributed by atoms with van der Waals surface area (Å²) in [5, 5.41) is 6.54. The maximum atomic E-state index is 10.4. The first-order valence-corrected chi connectivity index (χ1v) is 9.09. The Bertz CT molecular complexity index is 605. The molecule has 0 unspecified atom stereocenters. The molecule has 0 bridgehead atoms. The summed E-state index contributed by atoms with van der Waals surface area (Å²) in [6.07, 6.45) is 6.17. The van der Waals surface area contributed by atoms with E-state index in [4.69, 9.17) is 4.55 Å². The van der Waals surface area contributed by atoms with E-state index in [-0.39, 0.29) is 4.90 Å². The molecular formula is C18H26N2O3S. The molecule has 1 rings (SSSR count). The van der Waals surface area contributed by atoms with Gasteiger partial charge in [-0.05, 0) is 50.2 Å². The van der Waals surface area contributed by atoms with Crippen LogP contribution in [0.15, 0.2) is 72.0 Å². The molecule has 24 heavy (non-hydrogen) atoms. The molecule has 3 N–H and O–H groups in total. The molecule has 0 radical (unpaired) electrons. The lowest BCUT2D eigenvalue weighted by atomic mass is 10.3. The predicted molar refractivity (Wildman–Crippen MR) is 98.7 cm³/mol. The largest absolute Gasteiger partial charge is 0.313 e. The van der Waals surface area contributed by atoms with Crippen molar-refractivity contribution < 1.29 is 13.0 Å². The van der Waals surface area contributed by atoms with Crippen molar-refractivity contribution in [1.82, 2.24) is 10.6 Å². The number of hydrogen-bond donors (Lipinski definition) is 3. The molecule has 0 saturated heterocycles. The fourth-order valence-electron chi connectivity index (χ4n) is 1.59. The quantitative estimate of drug-likeness (QED) is 0.343. The summed E-state index contributed by atoms with van der Waals surface area (Å²) in [5.41, 5.74) is 5.45. The first kappa shape index (κ1) is 22.1. The van der Waals surface area contributed by atoms with Crippen molar-refractivity contribution in [2.75, 3.05) is 26.2 Å². The van der Waals surface area contributed by atoms with E-state index in [0.717, 1.165) is 26.2 Å². The SMILES string of the molecule is C=C=CCNCCCCNCC=C=C.O=S(=O)(O)c1ccccc1. The zero-order valence-electron chi connectivity index (χ0n) is 13.9. The van der Waals surface area contributed by atoms with Crippen LogP contribution in [0.25, 0.3) is 0 Å². The van der Waals surface area contributed by atoms with Gasteiger partial charge >= 0.3 is 0 Å². The van der Waals surface area contributed by atoms with Crippen LogP contribution in [0.3, 0.4) is 0 Å². The van der Waals surface area contributed by atoms with E-state index in [9.17, 15) is 8.42 Å². The highest BCUT2D eigenvalue weighted by Gasteiger charge is 2.05. The van der Waals surface area contributed by atoms with Crippen LogP contribution in [0.4, 0.5) is 0 Å². The maximum absolute atomic E-state index is 10.4. The molecule has 0 fully saturated rings. The Kier molecular flexibility index (Phi) is 13.5. The fraction of sp³-hybridized carbons (Fsp3) is 0.333. The lowest BCUT2D eigenvalue weighted by molar-refractivity contribution is 0.483. The number of benzene rings is 1. The summed E-state index contributed by atoms with van der Waals surface area (Å²) in [7, 11) is -4.00. The van der Waals surface area contributed by atoms with Crippen molar-refractivity contribution in [3.63, 3.8) is 0 Å². The third-order valence-electron chi connectivity index (χ3n) is 2.78. The highest BCUT2D eigenvalue weighted by Crippen LogP contribution is 2.05. The van der Waals surface area contributed by atoms with Crippen molar-refractivity contribution in [3.8, 4) is 0 Å². The summed E-state index contributed by atoms with van der Waals surface area (Å²) in [5.74, 6) is 0. The van der Waals surface area contributed by atoms with Crippen LogP contribution in [-0.4, -0.2) is 39.1 Å². The van der Waals surface area contributed by atoms with Crippen molar-refractivity contribution in [1.29, 1.82) is 0 Å². The number of unbranched alkanes of at least 4 members (excludes halogenated alkanes) is 1. The Morgan fingerprint density at radius 3 is 1.75 bits per heavy atom. The van der Waals surface area contributed by atoms with Gasteiger partial charge in [-0.15, -0.1) is 11.5 Å². The van der Waals surface area contributed by atoms with Crippen LogP contribution >= 0.6 is 0 Å². The van der Waals surface area contributed by atoms with E-state index >= 15 is 0 Å². The van der Waals surface area contributed by atoms with E-state index in [1.165, 1.54) is 25.0 Å². The van der Waals surface area contributed by atoms with Gasteiger partial charge in [0, 0.05) is 13.1 Å². The summed E-state index contributed by atoms with van der Waals surface area (Å²) < 4.78 is 29.2. The first-order valence-electron chi connectivity index (χ1n) is 7.65. The minimum absolute atomic E-state index is 0.0741. The molecule has 132 valence electrons. The molecule has 0 aliphatic carbocycles. The molecule has 0 heterocycles. The molecule has 0 aromatic heterocycles. The molecule has 0 aliphatic heterocycles. The van der Waals surface area contributed by atoms with E-state index in [2.05, 4.69) is 35.3 Å². The molecule has 0 spiro atoms. The molecule has 0 atom stereocenters. The van der Waals surface area contributed by atoms with Gasteiger partial charge in [0.2, 0.25) is 0 Å². The minimum Gasteiger partial charge on any atom is -0.313 e. The van der Waals surface area contributed by atoms with Gasteiger partial charge in [0.15, 0.2) is 0 Å². The molecule has 1 aromatic carbocycles. The second kappa shape index (κ2) is 14.7. The number of hydrogen-bond acceptors (Lipinski definition) is 4. The topological polar surface area (TPSA) is 78.4 Å². The molecule has 0 saturated carbocycles. The minimum atomic E-state index is -4.00. The van der Waals surface area contributed by atoms with Gasteiger partial charge in [-0.3, -0.25) is 4.55 Å². The Hall–Kier alpha value is -1.91. The normalized spacial score (nSPS) is 9.88. The van der Waals surface area contributed by atoms with E-state index in [0.29, 0.717) is 0 Å². The van der Waals surface area contributed by atoms with Gasteiger partial charge in [-0.2, -0.15) is 8.42 Å². The monoisotopic (exact) mass is 350 g/mol. The summed E-state index contributed by atoms with van der Waals surface area (Å²) in [6.45, 7) is 10.8. The average molecular weight is 350 g/mol. The highest BCUT2D eigenvalue weighted by atomic mass is 32.2. The predicted octanol–water partition coefficient (Wildman–Crippen LogP) is 2.56. The van der Waals surface area contributed by atoms with Crippen LogP contribution in [0, 0.1) is 0 Å². The Morgan fingerprint density at radius 2 is 1.42 bits per heavy atom. The van der Waals surface area contributed by atoms with Crippen LogP contribution in [0.5, 0.6) is 0 Å². The van der Waals surface area contributed by atoms with Crippen molar-refractivity contribution in [2.45, 2.75) is 17.7 Å². The Labute approximate surface area is 145 Å². The van der Waals surface area contributed by atoms with Crippen molar-refractivity contribution >= 4 is 10.1 Å². The molecule has 6 heteroatoms. The molecular weight excluding hydrogens is 324 g/mol.